The molecule has 0 aliphatic heterocycles. The molecule has 346 valence electrons. The highest BCUT2D eigenvalue weighted by Gasteiger charge is 2.19. The lowest BCUT2D eigenvalue weighted by Gasteiger charge is -2.18. The third kappa shape index (κ3) is 46.8. The van der Waals surface area contributed by atoms with Crippen LogP contribution in [0.3, 0.4) is 0 Å². The van der Waals surface area contributed by atoms with E-state index in [1.807, 2.05) is 0 Å². The highest BCUT2D eigenvalue weighted by Crippen LogP contribution is 2.15. The van der Waals surface area contributed by atoms with E-state index in [1.54, 1.807) is 0 Å². The zero-order chi connectivity index (χ0) is 43.0. The molecule has 0 aliphatic carbocycles. The van der Waals surface area contributed by atoms with Crippen molar-refractivity contribution >= 4 is 17.9 Å². The molecule has 0 spiro atoms. The van der Waals surface area contributed by atoms with E-state index >= 15 is 0 Å². The molecule has 1 unspecified atom stereocenters. The average Bonchev–Trinajstić information content (AvgIpc) is 3.23. The Hall–Kier alpha value is -2.11. The van der Waals surface area contributed by atoms with Crippen LogP contribution in [0.4, 0.5) is 0 Å². The third-order valence-corrected chi connectivity index (χ3v) is 11.4. The number of carbonyl (C=O) groups is 3. The molecular formula is C53H98O6. The van der Waals surface area contributed by atoms with Crippen LogP contribution in [-0.2, 0) is 28.6 Å². The molecule has 59 heavy (non-hydrogen) atoms. The van der Waals surface area contributed by atoms with Gasteiger partial charge in [-0.2, -0.15) is 0 Å². The van der Waals surface area contributed by atoms with Crippen molar-refractivity contribution in [1.29, 1.82) is 0 Å². The normalized spacial score (nSPS) is 12.1. The van der Waals surface area contributed by atoms with Crippen LogP contribution in [0.15, 0.2) is 24.3 Å². The van der Waals surface area contributed by atoms with Gasteiger partial charge in [-0.05, 0) is 70.6 Å². The molecular weight excluding hydrogens is 733 g/mol. The summed E-state index contributed by atoms with van der Waals surface area (Å²) in [6, 6.07) is 0. The van der Waals surface area contributed by atoms with E-state index in [0.717, 1.165) is 83.5 Å². The quantitative estimate of drug-likeness (QED) is 0.0263. The van der Waals surface area contributed by atoms with Gasteiger partial charge in [-0.1, -0.05) is 212 Å². The van der Waals surface area contributed by atoms with Gasteiger partial charge in [0.05, 0.1) is 0 Å². The van der Waals surface area contributed by atoms with Gasteiger partial charge in [0.2, 0.25) is 0 Å². The lowest BCUT2D eigenvalue weighted by Crippen LogP contribution is -2.30. The van der Waals surface area contributed by atoms with Gasteiger partial charge in [0, 0.05) is 19.3 Å². The fraction of sp³-hybridized carbons (Fsp3) is 0.868. The summed E-state index contributed by atoms with van der Waals surface area (Å²) >= 11 is 0. The number of allylic oxidation sites excluding steroid dienone is 4. The molecule has 0 aromatic heterocycles. The van der Waals surface area contributed by atoms with Crippen molar-refractivity contribution in [2.24, 2.45) is 0 Å². The summed E-state index contributed by atoms with van der Waals surface area (Å²) in [5.41, 5.74) is 0. The number of rotatable bonds is 47. The number of ether oxygens (including phenoxy) is 3. The smallest absolute Gasteiger partial charge is 0.306 e. The number of unbranched alkanes of at least 4 members (excludes halogenated alkanes) is 32. The van der Waals surface area contributed by atoms with Crippen LogP contribution in [-0.4, -0.2) is 37.2 Å². The van der Waals surface area contributed by atoms with E-state index in [4.69, 9.17) is 14.2 Å². The van der Waals surface area contributed by atoms with Gasteiger partial charge >= 0.3 is 17.9 Å². The van der Waals surface area contributed by atoms with E-state index in [-0.39, 0.29) is 31.1 Å². The zero-order valence-corrected chi connectivity index (χ0v) is 39.5. The van der Waals surface area contributed by atoms with Crippen LogP contribution in [0.1, 0.15) is 278 Å². The van der Waals surface area contributed by atoms with Crippen molar-refractivity contribution in [3.05, 3.63) is 24.3 Å². The van der Waals surface area contributed by atoms with E-state index in [1.165, 1.54) is 154 Å². The maximum absolute atomic E-state index is 12.8. The van der Waals surface area contributed by atoms with Crippen molar-refractivity contribution in [3.63, 3.8) is 0 Å². The molecule has 0 saturated heterocycles. The molecule has 0 saturated carbocycles. The summed E-state index contributed by atoms with van der Waals surface area (Å²) in [6.07, 6.45) is 54.4. The molecule has 1 atom stereocenters. The first-order chi connectivity index (χ1) is 29.0. The van der Waals surface area contributed by atoms with Crippen molar-refractivity contribution in [2.75, 3.05) is 13.2 Å². The molecule has 6 nitrogen and oxygen atoms in total. The minimum absolute atomic E-state index is 0.0783. The zero-order valence-electron chi connectivity index (χ0n) is 39.5. The van der Waals surface area contributed by atoms with Crippen LogP contribution < -0.4 is 0 Å². The van der Waals surface area contributed by atoms with Gasteiger partial charge in [0.25, 0.3) is 0 Å². The maximum Gasteiger partial charge on any atom is 0.306 e. The Morgan fingerprint density at radius 3 is 0.864 bits per heavy atom. The molecule has 0 aromatic rings. The van der Waals surface area contributed by atoms with Gasteiger partial charge in [0.1, 0.15) is 13.2 Å². The molecule has 0 fully saturated rings. The first-order valence-corrected chi connectivity index (χ1v) is 25.8. The Morgan fingerprint density at radius 1 is 0.322 bits per heavy atom. The highest BCUT2D eigenvalue weighted by atomic mass is 16.6. The van der Waals surface area contributed by atoms with Gasteiger partial charge < -0.3 is 14.2 Å². The van der Waals surface area contributed by atoms with Crippen LogP contribution in [0.2, 0.25) is 0 Å². The minimum Gasteiger partial charge on any atom is -0.462 e. The van der Waals surface area contributed by atoms with Crippen molar-refractivity contribution < 1.29 is 28.6 Å². The van der Waals surface area contributed by atoms with Crippen molar-refractivity contribution in [1.82, 2.24) is 0 Å². The molecule has 0 bridgehead atoms. The second-order valence-corrected chi connectivity index (χ2v) is 17.4. The fourth-order valence-corrected chi connectivity index (χ4v) is 7.49. The lowest BCUT2D eigenvalue weighted by molar-refractivity contribution is -0.167. The van der Waals surface area contributed by atoms with E-state index in [9.17, 15) is 14.4 Å². The number of hydrogen-bond acceptors (Lipinski definition) is 6. The summed E-state index contributed by atoms with van der Waals surface area (Å²) in [7, 11) is 0. The predicted octanol–water partition coefficient (Wildman–Crippen LogP) is 16.8. The Bertz CT molecular complexity index is 958. The molecule has 0 aromatic carbocycles. The largest absolute Gasteiger partial charge is 0.462 e. The van der Waals surface area contributed by atoms with Gasteiger partial charge in [-0.3, -0.25) is 14.4 Å². The molecule has 0 heterocycles. The number of hydrogen-bond donors (Lipinski definition) is 0. The Labute approximate surface area is 366 Å². The molecule has 0 N–H and O–H groups in total. The number of esters is 3. The monoisotopic (exact) mass is 831 g/mol. The maximum atomic E-state index is 12.8. The van der Waals surface area contributed by atoms with Crippen molar-refractivity contribution in [2.45, 2.75) is 284 Å². The van der Waals surface area contributed by atoms with Gasteiger partial charge in [-0.25, -0.2) is 0 Å². The van der Waals surface area contributed by atoms with Crippen LogP contribution >= 0.6 is 0 Å². The van der Waals surface area contributed by atoms with Gasteiger partial charge in [0.15, 0.2) is 6.10 Å². The van der Waals surface area contributed by atoms with Crippen LogP contribution in [0.5, 0.6) is 0 Å². The topological polar surface area (TPSA) is 78.9 Å². The molecule has 0 aliphatic rings. The summed E-state index contributed by atoms with van der Waals surface area (Å²) in [5, 5.41) is 0. The first-order valence-electron chi connectivity index (χ1n) is 25.8. The first kappa shape index (κ1) is 56.9. The molecule has 6 heteroatoms. The van der Waals surface area contributed by atoms with E-state index < -0.39 is 6.10 Å². The summed E-state index contributed by atoms with van der Waals surface area (Å²) in [5.74, 6) is -0.899. The molecule has 0 amide bonds. The average molecular weight is 831 g/mol. The lowest BCUT2D eigenvalue weighted by atomic mass is 10.0. The SMILES string of the molecule is CCCCCCCCC/C=C\CCCCCC(=O)OCC(COC(=O)CCCCCCCCCCCCCCC)OC(=O)CCCCC/C=C\CCCCCCCCC. The second kappa shape index (κ2) is 48.6. The number of carbonyl (C=O) groups excluding carboxylic acids is 3. The van der Waals surface area contributed by atoms with Crippen molar-refractivity contribution in [3.8, 4) is 0 Å². The summed E-state index contributed by atoms with van der Waals surface area (Å²) in [6.45, 7) is 6.62. The summed E-state index contributed by atoms with van der Waals surface area (Å²) < 4.78 is 16.8. The van der Waals surface area contributed by atoms with E-state index in [0.29, 0.717) is 19.3 Å². The molecule has 0 rings (SSSR count). The standard InChI is InChI=1S/C53H98O6/c1-4-7-10-13-16-19-22-25-28-31-34-37-40-43-46-52(55)58-49-50(48-57-51(54)45-42-39-36-33-30-27-24-21-18-15-12-9-6-3)59-53(56)47-44-41-38-35-32-29-26-23-20-17-14-11-8-5-2/h28-29,31-32,50H,4-27,30,33-49H2,1-3H3/b31-28-,32-29-. The Morgan fingerprint density at radius 2 is 0.559 bits per heavy atom. The Kier molecular flexibility index (Phi) is 46.8. The predicted molar refractivity (Wildman–Crippen MR) is 252 cm³/mol. The van der Waals surface area contributed by atoms with Crippen LogP contribution in [0.25, 0.3) is 0 Å². The van der Waals surface area contributed by atoms with Gasteiger partial charge in [-0.15, -0.1) is 0 Å². The highest BCUT2D eigenvalue weighted by molar-refractivity contribution is 5.71. The third-order valence-electron chi connectivity index (χ3n) is 11.4. The van der Waals surface area contributed by atoms with Crippen LogP contribution in [0, 0.1) is 0 Å². The summed E-state index contributed by atoms with van der Waals surface area (Å²) in [4.78, 5) is 37.9. The molecule has 0 radical (unpaired) electrons. The second-order valence-electron chi connectivity index (χ2n) is 17.4. The fourth-order valence-electron chi connectivity index (χ4n) is 7.49. The minimum atomic E-state index is -0.780. The Balaban J connectivity index is 4.39. The van der Waals surface area contributed by atoms with E-state index in [2.05, 4.69) is 45.1 Å².